The summed E-state index contributed by atoms with van der Waals surface area (Å²) in [5.74, 6) is 1.99. The summed E-state index contributed by atoms with van der Waals surface area (Å²) >= 11 is 13.3. The molecule has 0 fully saturated rings. The van der Waals surface area contributed by atoms with Crippen molar-refractivity contribution >= 4 is 46.6 Å². The lowest BCUT2D eigenvalue weighted by Gasteiger charge is -2.09. The zero-order chi connectivity index (χ0) is 21.7. The van der Waals surface area contributed by atoms with Gasteiger partial charge < -0.3 is 14.6 Å². The molecule has 1 amide bonds. The molecule has 0 radical (unpaired) electrons. The Morgan fingerprint density at radius 2 is 1.90 bits per heavy atom. The predicted octanol–water partition coefficient (Wildman–Crippen LogP) is 5.55. The minimum atomic E-state index is -0.194. The van der Waals surface area contributed by atoms with Crippen molar-refractivity contribution in [1.82, 2.24) is 14.8 Å². The Kier molecular flexibility index (Phi) is 7.64. The summed E-state index contributed by atoms with van der Waals surface area (Å²) in [6.07, 6.45) is 0. The maximum atomic E-state index is 12.3. The number of anilines is 1. The smallest absolute Gasteiger partial charge is 0.234 e. The average Bonchev–Trinajstić information content (AvgIpc) is 3.08. The van der Waals surface area contributed by atoms with Crippen LogP contribution < -0.4 is 10.1 Å². The number of carbonyl (C=O) groups excluding carboxylic acids is 1. The molecule has 0 aliphatic heterocycles. The fourth-order valence-corrected chi connectivity index (χ4v) is 3.73. The van der Waals surface area contributed by atoms with E-state index in [1.807, 2.05) is 35.9 Å². The van der Waals surface area contributed by atoms with Crippen LogP contribution in [0.4, 0.5) is 5.69 Å². The largest absolute Gasteiger partial charge is 0.493 e. The van der Waals surface area contributed by atoms with Gasteiger partial charge in [-0.05, 0) is 48.4 Å². The first-order valence-corrected chi connectivity index (χ1v) is 11.1. The number of benzene rings is 2. The van der Waals surface area contributed by atoms with E-state index < -0.39 is 0 Å². The van der Waals surface area contributed by atoms with Crippen LogP contribution in [0, 0.1) is 5.92 Å². The Balaban J connectivity index is 1.60. The van der Waals surface area contributed by atoms with E-state index in [9.17, 15) is 4.79 Å². The number of nitrogens with one attached hydrogen (secondary N) is 1. The minimum absolute atomic E-state index is 0.174. The maximum absolute atomic E-state index is 12.3. The predicted molar refractivity (Wildman–Crippen MR) is 123 cm³/mol. The average molecular weight is 465 g/mol. The van der Waals surface area contributed by atoms with E-state index in [0.29, 0.717) is 39.2 Å². The third-order valence-corrected chi connectivity index (χ3v) is 5.64. The van der Waals surface area contributed by atoms with Crippen molar-refractivity contribution in [2.24, 2.45) is 13.0 Å². The number of hydrogen-bond donors (Lipinski definition) is 1. The van der Waals surface area contributed by atoms with Crippen LogP contribution in [0.3, 0.4) is 0 Å². The number of carbonyl (C=O) groups is 1. The first-order valence-electron chi connectivity index (χ1n) is 9.34. The van der Waals surface area contributed by atoms with Crippen molar-refractivity contribution in [2.45, 2.75) is 19.0 Å². The molecule has 0 saturated heterocycles. The molecule has 0 atom stereocenters. The number of halogens is 2. The van der Waals surface area contributed by atoms with E-state index in [0.717, 1.165) is 11.3 Å². The van der Waals surface area contributed by atoms with Gasteiger partial charge in [-0.1, -0.05) is 48.8 Å². The van der Waals surface area contributed by atoms with Crippen molar-refractivity contribution < 1.29 is 9.53 Å². The molecule has 1 heterocycles. The van der Waals surface area contributed by atoms with Gasteiger partial charge >= 0.3 is 0 Å². The van der Waals surface area contributed by atoms with Gasteiger partial charge in [0.15, 0.2) is 11.0 Å². The molecule has 158 valence electrons. The molecule has 3 rings (SSSR count). The lowest BCUT2D eigenvalue weighted by molar-refractivity contribution is -0.113. The second kappa shape index (κ2) is 10.2. The van der Waals surface area contributed by atoms with Crippen molar-refractivity contribution in [2.75, 3.05) is 17.7 Å². The van der Waals surface area contributed by atoms with Crippen LogP contribution in [0.15, 0.2) is 47.6 Å². The zero-order valence-electron chi connectivity index (χ0n) is 16.9. The van der Waals surface area contributed by atoms with E-state index >= 15 is 0 Å². The third-order valence-electron chi connectivity index (χ3n) is 4.07. The SMILES string of the molecule is CC(C)COc1ccc(-c2nnc(SCC(=O)Nc3ccc(Cl)cc3Cl)n2C)cc1. The fourth-order valence-electron chi connectivity index (χ4n) is 2.56. The number of ether oxygens (including phenoxy) is 1. The molecule has 1 aromatic heterocycles. The van der Waals surface area contributed by atoms with E-state index in [-0.39, 0.29) is 11.7 Å². The second-order valence-corrected chi connectivity index (χ2v) is 8.84. The molecule has 9 heteroatoms. The molecule has 0 aliphatic carbocycles. The highest BCUT2D eigenvalue weighted by Gasteiger charge is 2.14. The Morgan fingerprint density at radius 3 is 2.57 bits per heavy atom. The van der Waals surface area contributed by atoms with Crippen LogP contribution in [0.5, 0.6) is 5.75 Å². The molecule has 0 aliphatic rings. The summed E-state index contributed by atoms with van der Waals surface area (Å²) in [7, 11) is 1.87. The summed E-state index contributed by atoms with van der Waals surface area (Å²) in [6, 6.07) is 12.7. The van der Waals surface area contributed by atoms with E-state index in [1.165, 1.54) is 11.8 Å². The van der Waals surface area contributed by atoms with Gasteiger partial charge in [0.05, 0.1) is 23.1 Å². The summed E-state index contributed by atoms with van der Waals surface area (Å²) in [5.41, 5.74) is 1.44. The molecular formula is C21H22Cl2N4O2S. The zero-order valence-corrected chi connectivity index (χ0v) is 19.2. The Morgan fingerprint density at radius 1 is 1.17 bits per heavy atom. The molecule has 0 spiro atoms. The molecule has 1 N–H and O–H groups in total. The standard InChI is InChI=1S/C21H22Cl2N4O2S/c1-13(2)11-29-16-7-4-14(5-8-16)20-25-26-21(27(20)3)30-12-19(28)24-18-9-6-15(22)10-17(18)23/h4-10,13H,11-12H2,1-3H3,(H,24,28). The first-order chi connectivity index (χ1) is 14.3. The highest BCUT2D eigenvalue weighted by Crippen LogP contribution is 2.27. The van der Waals surface area contributed by atoms with Crippen LogP contribution in [0.1, 0.15) is 13.8 Å². The van der Waals surface area contributed by atoms with Gasteiger partial charge in [-0.25, -0.2) is 0 Å². The van der Waals surface area contributed by atoms with Crippen molar-refractivity contribution in [1.29, 1.82) is 0 Å². The molecule has 30 heavy (non-hydrogen) atoms. The number of nitrogens with zero attached hydrogens (tertiary/aromatic N) is 3. The van der Waals surface area contributed by atoms with E-state index in [1.54, 1.807) is 18.2 Å². The number of rotatable bonds is 8. The minimum Gasteiger partial charge on any atom is -0.493 e. The molecule has 6 nitrogen and oxygen atoms in total. The highest BCUT2D eigenvalue weighted by atomic mass is 35.5. The Labute approximate surface area is 189 Å². The lowest BCUT2D eigenvalue weighted by Crippen LogP contribution is -2.14. The summed E-state index contributed by atoms with van der Waals surface area (Å²) in [6.45, 7) is 4.89. The first kappa shape index (κ1) is 22.5. The molecule has 0 saturated carbocycles. The maximum Gasteiger partial charge on any atom is 0.234 e. The molecule has 2 aromatic carbocycles. The van der Waals surface area contributed by atoms with Crippen molar-refractivity contribution in [3.8, 4) is 17.1 Å². The fraction of sp³-hybridized carbons (Fsp3) is 0.286. The number of hydrogen-bond acceptors (Lipinski definition) is 5. The topological polar surface area (TPSA) is 69.0 Å². The summed E-state index contributed by atoms with van der Waals surface area (Å²) in [4.78, 5) is 12.3. The van der Waals surface area contributed by atoms with Crippen LogP contribution >= 0.6 is 35.0 Å². The van der Waals surface area contributed by atoms with Gasteiger partial charge in [0.1, 0.15) is 5.75 Å². The van der Waals surface area contributed by atoms with Gasteiger partial charge in [0.25, 0.3) is 0 Å². The summed E-state index contributed by atoms with van der Waals surface area (Å²) in [5, 5.41) is 12.8. The normalized spacial score (nSPS) is 11.0. The van der Waals surface area contributed by atoms with Gasteiger partial charge in [0.2, 0.25) is 5.91 Å². The van der Waals surface area contributed by atoms with Crippen LogP contribution in [-0.2, 0) is 11.8 Å². The van der Waals surface area contributed by atoms with Gasteiger partial charge in [-0.2, -0.15) is 0 Å². The van der Waals surface area contributed by atoms with Gasteiger partial charge in [-0.15, -0.1) is 10.2 Å². The Bertz CT molecular complexity index is 1020. The lowest BCUT2D eigenvalue weighted by atomic mass is 10.2. The quantitative estimate of drug-likeness (QED) is 0.442. The molecular weight excluding hydrogens is 443 g/mol. The second-order valence-electron chi connectivity index (χ2n) is 7.06. The summed E-state index contributed by atoms with van der Waals surface area (Å²) < 4.78 is 7.57. The highest BCUT2D eigenvalue weighted by molar-refractivity contribution is 7.99. The molecule has 3 aromatic rings. The number of thioether (sulfide) groups is 1. The number of aromatic nitrogens is 3. The molecule has 0 unspecified atom stereocenters. The molecule has 0 bridgehead atoms. The van der Waals surface area contributed by atoms with Crippen LogP contribution in [-0.4, -0.2) is 33.0 Å². The van der Waals surface area contributed by atoms with Gasteiger partial charge in [0, 0.05) is 17.6 Å². The number of amides is 1. The van der Waals surface area contributed by atoms with Gasteiger partial charge in [-0.3, -0.25) is 4.79 Å². The van der Waals surface area contributed by atoms with Crippen LogP contribution in [0.25, 0.3) is 11.4 Å². The third kappa shape index (κ3) is 5.90. The monoisotopic (exact) mass is 464 g/mol. The Hall–Kier alpha value is -2.22. The van der Waals surface area contributed by atoms with Crippen LogP contribution in [0.2, 0.25) is 10.0 Å². The van der Waals surface area contributed by atoms with E-state index in [4.69, 9.17) is 27.9 Å². The van der Waals surface area contributed by atoms with Crippen molar-refractivity contribution in [3.05, 3.63) is 52.5 Å². The van der Waals surface area contributed by atoms with E-state index in [2.05, 4.69) is 29.4 Å². The van der Waals surface area contributed by atoms with Crippen molar-refractivity contribution in [3.63, 3.8) is 0 Å².